The van der Waals surface area contributed by atoms with E-state index in [2.05, 4.69) is 22.1 Å². The molecule has 0 aliphatic heterocycles. The van der Waals surface area contributed by atoms with Crippen LogP contribution < -0.4 is 5.32 Å². The number of amides is 1. The quantitative estimate of drug-likeness (QED) is 0.598. The predicted octanol–water partition coefficient (Wildman–Crippen LogP) is 2.02. The average molecular weight is 255 g/mol. The largest absolute Gasteiger partial charge is 0.368 e. The van der Waals surface area contributed by atoms with Gasteiger partial charge in [-0.3, -0.25) is 10.1 Å². The van der Waals surface area contributed by atoms with E-state index in [1.54, 1.807) is 13.0 Å². The number of aryl methyl sites for hydroxylation is 1. The summed E-state index contributed by atoms with van der Waals surface area (Å²) in [6.45, 7) is 7.78. The Kier molecular flexibility index (Phi) is 5.79. The van der Waals surface area contributed by atoms with Crippen molar-refractivity contribution >= 4 is 22.4 Å². The highest BCUT2D eigenvalue weighted by atomic mass is 32.1. The smallest absolute Gasteiger partial charge is 0.255 e. The van der Waals surface area contributed by atoms with Gasteiger partial charge in [0.2, 0.25) is 5.13 Å². The van der Waals surface area contributed by atoms with Gasteiger partial charge in [0.25, 0.3) is 5.91 Å². The number of hydrogen-bond acceptors (Lipinski definition) is 5. The first-order valence-electron chi connectivity index (χ1n) is 5.53. The van der Waals surface area contributed by atoms with Crippen LogP contribution in [0.25, 0.3) is 0 Å². The number of aromatic nitrogens is 2. The van der Waals surface area contributed by atoms with Crippen molar-refractivity contribution < 1.29 is 9.53 Å². The van der Waals surface area contributed by atoms with E-state index < -0.39 is 6.10 Å². The van der Waals surface area contributed by atoms with E-state index >= 15 is 0 Å². The summed E-state index contributed by atoms with van der Waals surface area (Å²) in [5.41, 5.74) is 0. The summed E-state index contributed by atoms with van der Waals surface area (Å²) in [5, 5.41) is 11.9. The molecule has 0 saturated carbocycles. The molecule has 94 valence electrons. The second-order valence-corrected chi connectivity index (χ2v) is 4.50. The zero-order valence-corrected chi connectivity index (χ0v) is 10.9. The number of nitrogens with one attached hydrogen (secondary N) is 1. The molecule has 6 heteroatoms. The lowest BCUT2D eigenvalue weighted by atomic mass is 10.3. The fourth-order valence-corrected chi connectivity index (χ4v) is 1.74. The average Bonchev–Trinajstić information content (AvgIpc) is 2.77. The molecule has 1 heterocycles. The topological polar surface area (TPSA) is 64.1 Å². The molecule has 0 aliphatic carbocycles. The number of carbonyl (C=O) groups excluding carboxylic acids is 1. The Labute approximate surface area is 105 Å². The van der Waals surface area contributed by atoms with Crippen molar-refractivity contribution in [3.05, 3.63) is 17.7 Å². The molecule has 0 aromatic carbocycles. The Bertz CT molecular complexity index is 379. The summed E-state index contributed by atoms with van der Waals surface area (Å²) < 4.78 is 5.32. The van der Waals surface area contributed by atoms with E-state index in [4.69, 9.17) is 4.74 Å². The third kappa shape index (κ3) is 4.62. The van der Waals surface area contributed by atoms with Gasteiger partial charge in [-0.1, -0.05) is 24.3 Å². The number of nitrogens with zero attached hydrogens (tertiary/aromatic N) is 2. The van der Waals surface area contributed by atoms with E-state index in [0.717, 1.165) is 17.8 Å². The first-order chi connectivity index (χ1) is 8.17. The lowest BCUT2D eigenvalue weighted by molar-refractivity contribution is -0.126. The van der Waals surface area contributed by atoms with Crippen molar-refractivity contribution in [2.45, 2.75) is 32.8 Å². The maximum atomic E-state index is 11.7. The van der Waals surface area contributed by atoms with E-state index in [1.807, 2.05) is 6.92 Å². The minimum atomic E-state index is -0.496. The van der Waals surface area contributed by atoms with Crippen LogP contribution in [-0.2, 0) is 16.0 Å². The fourth-order valence-electron chi connectivity index (χ4n) is 1.06. The summed E-state index contributed by atoms with van der Waals surface area (Å²) in [4.78, 5) is 11.7. The van der Waals surface area contributed by atoms with Crippen LogP contribution in [0.5, 0.6) is 0 Å². The molecule has 1 N–H and O–H groups in total. The van der Waals surface area contributed by atoms with Gasteiger partial charge in [-0.05, 0) is 19.8 Å². The van der Waals surface area contributed by atoms with E-state index in [-0.39, 0.29) is 5.91 Å². The number of hydrogen-bond donors (Lipinski definition) is 1. The molecule has 0 saturated heterocycles. The molecule has 17 heavy (non-hydrogen) atoms. The lowest BCUT2D eigenvalue weighted by Crippen LogP contribution is -2.27. The number of ether oxygens (including phenoxy) is 1. The third-order valence-electron chi connectivity index (χ3n) is 2.06. The van der Waals surface area contributed by atoms with Gasteiger partial charge in [-0.25, -0.2) is 0 Å². The van der Waals surface area contributed by atoms with Gasteiger partial charge in [0.05, 0.1) is 6.61 Å². The third-order valence-corrected chi connectivity index (χ3v) is 3.04. The van der Waals surface area contributed by atoms with E-state index in [1.165, 1.54) is 11.3 Å². The van der Waals surface area contributed by atoms with Gasteiger partial charge in [-0.15, -0.1) is 16.8 Å². The second kappa shape index (κ2) is 7.13. The van der Waals surface area contributed by atoms with Gasteiger partial charge in [0, 0.05) is 0 Å². The van der Waals surface area contributed by atoms with Crippen molar-refractivity contribution in [3.63, 3.8) is 0 Å². The molecule has 0 radical (unpaired) electrons. The van der Waals surface area contributed by atoms with Gasteiger partial charge >= 0.3 is 0 Å². The Morgan fingerprint density at radius 1 is 1.65 bits per heavy atom. The highest BCUT2D eigenvalue weighted by Gasteiger charge is 2.15. The molecule has 1 atom stereocenters. The van der Waals surface area contributed by atoms with Crippen LogP contribution in [0.4, 0.5) is 5.13 Å². The van der Waals surface area contributed by atoms with Crippen LogP contribution in [0.1, 0.15) is 25.3 Å². The van der Waals surface area contributed by atoms with Crippen LogP contribution in [0.15, 0.2) is 12.7 Å². The van der Waals surface area contributed by atoms with Crippen LogP contribution in [0.2, 0.25) is 0 Å². The van der Waals surface area contributed by atoms with Crippen LogP contribution in [-0.4, -0.2) is 28.8 Å². The summed E-state index contributed by atoms with van der Waals surface area (Å²) in [6.07, 6.45) is 2.81. The zero-order chi connectivity index (χ0) is 12.7. The Hall–Kier alpha value is -1.27. The second-order valence-electron chi connectivity index (χ2n) is 3.43. The molecule has 1 aromatic heterocycles. The molecule has 1 aromatic rings. The van der Waals surface area contributed by atoms with Gasteiger partial charge in [-0.2, -0.15) is 0 Å². The molecule has 1 rings (SSSR count). The summed E-state index contributed by atoms with van der Waals surface area (Å²) in [5.74, 6) is -0.201. The van der Waals surface area contributed by atoms with Gasteiger partial charge in [0.15, 0.2) is 0 Å². The van der Waals surface area contributed by atoms with Crippen molar-refractivity contribution in [2.24, 2.45) is 0 Å². The van der Waals surface area contributed by atoms with E-state index in [0.29, 0.717) is 11.7 Å². The molecule has 0 aliphatic rings. The molecule has 0 bridgehead atoms. The molecule has 5 nitrogen and oxygen atoms in total. The molecule has 0 fully saturated rings. The fraction of sp³-hybridized carbons (Fsp3) is 0.545. The normalized spacial score (nSPS) is 12.1. The van der Waals surface area contributed by atoms with Gasteiger partial charge < -0.3 is 4.74 Å². The number of rotatable bonds is 7. The first kappa shape index (κ1) is 13.8. The summed E-state index contributed by atoms with van der Waals surface area (Å²) in [6, 6.07) is 0. The van der Waals surface area contributed by atoms with E-state index in [9.17, 15) is 4.79 Å². The minimum absolute atomic E-state index is 0.201. The monoisotopic (exact) mass is 255 g/mol. The predicted molar refractivity (Wildman–Crippen MR) is 68.1 cm³/mol. The van der Waals surface area contributed by atoms with Gasteiger partial charge in [0.1, 0.15) is 11.1 Å². The van der Waals surface area contributed by atoms with Crippen molar-refractivity contribution in [3.8, 4) is 0 Å². The Balaban J connectivity index is 2.39. The summed E-state index contributed by atoms with van der Waals surface area (Å²) >= 11 is 1.38. The standard InChI is InChI=1S/C11H17N3O2S/c1-4-6-7-16-8(3)10(15)12-11-14-13-9(5-2)17-11/h4,8H,1,5-7H2,2-3H3,(H,12,14,15). The summed E-state index contributed by atoms with van der Waals surface area (Å²) in [7, 11) is 0. The van der Waals surface area contributed by atoms with Crippen molar-refractivity contribution in [2.75, 3.05) is 11.9 Å². The lowest BCUT2D eigenvalue weighted by Gasteiger charge is -2.10. The van der Waals surface area contributed by atoms with Crippen LogP contribution in [0.3, 0.4) is 0 Å². The SMILES string of the molecule is C=CCCOC(C)C(=O)Nc1nnc(CC)s1. The molecule has 1 unspecified atom stereocenters. The zero-order valence-electron chi connectivity index (χ0n) is 10.1. The molecular formula is C11H17N3O2S. The molecular weight excluding hydrogens is 238 g/mol. The Morgan fingerprint density at radius 3 is 3.00 bits per heavy atom. The molecule has 0 spiro atoms. The van der Waals surface area contributed by atoms with Crippen molar-refractivity contribution in [1.82, 2.24) is 10.2 Å². The Morgan fingerprint density at radius 2 is 2.41 bits per heavy atom. The van der Waals surface area contributed by atoms with Crippen LogP contribution >= 0.6 is 11.3 Å². The molecule has 1 amide bonds. The highest BCUT2D eigenvalue weighted by Crippen LogP contribution is 2.15. The highest BCUT2D eigenvalue weighted by molar-refractivity contribution is 7.15. The number of anilines is 1. The van der Waals surface area contributed by atoms with Crippen LogP contribution in [0, 0.1) is 0 Å². The minimum Gasteiger partial charge on any atom is -0.368 e. The number of carbonyl (C=O) groups is 1. The van der Waals surface area contributed by atoms with Crippen molar-refractivity contribution in [1.29, 1.82) is 0 Å². The maximum Gasteiger partial charge on any atom is 0.255 e. The maximum absolute atomic E-state index is 11.7. The first-order valence-corrected chi connectivity index (χ1v) is 6.34.